The van der Waals surface area contributed by atoms with E-state index < -0.39 is 12.0 Å². The van der Waals surface area contributed by atoms with Crippen LogP contribution in [0.1, 0.15) is 38.3 Å². The number of halogens is 1. The number of hydrogen-bond donors (Lipinski definition) is 1. The van der Waals surface area contributed by atoms with Crippen molar-refractivity contribution in [2.24, 2.45) is 0 Å². The average molecular weight is 441 g/mol. The molecule has 0 saturated carbocycles. The van der Waals surface area contributed by atoms with Gasteiger partial charge < -0.3 is 15.0 Å². The fourth-order valence-corrected chi connectivity index (χ4v) is 4.97. The van der Waals surface area contributed by atoms with Crippen molar-refractivity contribution in [2.75, 3.05) is 19.5 Å². The molecule has 2 amide bonds. The van der Waals surface area contributed by atoms with Gasteiger partial charge in [0.15, 0.2) is 0 Å². The zero-order chi connectivity index (χ0) is 21.4. The molecule has 1 aliphatic heterocycles. The van der Waals surface area contributed by atoms with Crippen LogP contribution in [0.2, 0.25) is 5.02 Å². The number of nitrogens with zero attached hydrogens (tertiary/aromatic N) is 1. The number of anilines is 1. The second-order valence-electron chi connectivity index (χ2n) is 7.23. The molecule has 0 saturated heterocycles. The number of fused-ring (bicyclic) bond motifs is 1. The number of ether oxygens (including phenoxy) is 1. The molecule has 5 nitrogen and oxygen atoms in total. The predicted octanol–water partition coefficient (Wildman–Crippen LogP) is 5.27. The number of carbonyl (C=O) groups excluding carboxylic acids is 2. The topological polar surface area (TPSA) is 58.6 Å². The highest BCUT2D eigenvalue weighted by atomic mass is 35.5. The molecular weight excluding hydrogens is 420 g/mol. The maximum atomic E-state index is 13.6. The van der Waals surface area contributed by atoms with Gasteiger partial charge in [-0.2, -0.15) is 0 Å². The Balaban J connectivity index is 1.80. The number of hydrogen-bond acceptors (Lipinski definition) is 4. The van der Waals surface area contributed by atoms with Crippen molar-refractivity contribution in [3.05, 3.63) is 80.5 Å². The van der Waals surface area contributed by atoms with Gasteiger partial charge in [-0.1, -0.05) is 35.9 Å². The number of benzene rings is 2. The van der Waals surface area contributed by atoms with Crippen LogP contribution in [0.3, 0.4) is 0 Å². The third-order valence-electron chi connectivity index (χ3n) is 5.44. The molecule has 7 heteroatoms. The molecule has 0 unspecified atom stereocenters. The summed E-state index contributed by atoms with van der Waals surface area (Å²) < 4.78 is 5.41. The Morgan fingerprint density at radius 3 is 2.67 bits per heavy atom. The number of thiophene rings is 1. The molecule has 0 fully saturated rings. The van der Waals surface area contributed by atoms with Gasteiger partial charge in [0.05, 0.1) is 24.8 Å². The van der Waals surface area contributed by atoms with Gasteiger partial charge in [0.2, 0.25) is 5.91 Å². The monoisotopic (exact) mass is 440 g/mol. The van der Waals surface area contributed by atoms with Gasteiger partial charge in [0.1, 0.15) is 5.75 Å². The van der Waals surface area contributed by atoms with Crippen molar-refractivity contribution in [3.63, 3.8) is 0 Å². The molecule has 4 rings (SSSR count). The van der Waals surface area contributed by atoms with Crippen LogP contribution in [-0.4, -0.2) is 30.9 Å². The zero-order valence-corrected chi connectivity index (χ0v) is 18.4. The van der Waals surface area contributed by atoms with Crippen LogP contribution >= 0.6 is 22.9 Å². The SMILES string of the molecule is COc1cc(Cl)c(C)cc1NC(=O)[C@@H]1c2ccccc2C(=O)N(C)[C@@H]1c1cccs1. The van der Waals surface area contributed by atoms with Gasteiger partial charge in [-0.3, -0.25) is 9.59 Å². The van der Waals surface area contributed by atoms with Gasteiger partial charge in [-0.05, 0) is 41.6 Å². The molecule has 0 radical (unpaired) electrons. The smallest absolute Gasteiger partial charge is 0.254 e. The van der Waals surface area contributed by atoms with E-state index in [1.54, 1.807) is 30.1 Å². The number of carbonyl (C=O) groups is 2. The maximum Gasteiger partial charge on any atom is 0.254 e. The van der Waals surface area contributed by atoms with Crippen molar-refractivity contribution >= 4 is 40.4 Å². The first-order valence-corrected chi connectivity index (χ1v) is 10.7. The second-order valence-corrected chi connectivity index (χ2v) is 8.62. The highest BCUT2D eigenvalue weighted by molar-refractivity contribution is 7.10. The molecule has 2 aromatic carbocycles. The lowest BCUT2D eigenvalue weighted by Gasteiger charge is -2.39. The Labute approximate surface area is 184 Å². The number of rotatable bonds is 4. The van der Waals surface area contributed by atoms with Gasteiger partial charge in [0, 0.05) is 28.6 Å². The van der Waals surface area contributed by atoms with E-state index in [4.69, 9.17) is 16.3 Å². The van der Waals surface area contributed by atoms with E-state index in [0.29, 0.717) is 22.0 Å². The summed E-state index contributed by atoms with van der Waals surface area (Å²) in [6, 6.07) is 14.3. The molecule has 2 atom stereocenters. The van der Waals surface area contributed by atoms with Gasteiger partial charge in [0.25, 0.3) is 5.91 Å². The fourth-order valence-electron chi connectivity index (χ4n) is 3.91. The molecule has 1 N–H and O–H groups in total. The summed E-state index contributed by atoms with van der Waals surface area (Å²) in [7, 11) is 3.28. The molecule has 1 aromatic heterocycles. The van der Waals surface area contributed by atoms with E-state index in [2.05, 4.69) is 5.32 Å². The molecule has 30 heavy (non-hydrogen) atoms. The van der Waals surface area contributed by atoms with E-state index >= 15 is 0 Å². The third-order valence-corrected chi connectivity index (χ3v) is 6.79. The Hall–Kier alpha value is -2.83. The molecule has 0 aliphatic carbocycles. The minimum atomic E-state index is -0.566. The highest BCUT2D eigenvalue weighted by Crippen LogP contribution is 2.44. The van der Waals surface area contributed by atoms with Crippen LogP contribution in [0.4, 0.5) is 5.69 Å². The number of methoxy groups -OCH3 is 1. The fraction of sp³-hybridized carbons (Fsp3) is 0.217. The van der Waals surface area contributed by atoms with E-state index in [1.807, 2.05) is 42.6 Å². The van der Waals surface area contributed by atoms with Crippen LogP contribution in [0.25, 0.3) is 0 Å². The van der Waals surface area contributed by atoms with E-state index in [1.165, 1.54) is 18.4 Å². The lowest BCUT2D eigenvalue weighted by molar-refractivity contribution is -0.119. The molecular formula is C23H21ClN2O3S. The largest absolute Gasteiger partial charge is 0.495 e. The summed E-state index contributed by atoms with van der Waals surface area (Å²) in [5.41, 5.74) is 2.65. The van der Waals surface area contributed by atoms with Gasteiger partial charge in [-0.25, -0.2) is 0 Å². The summed E-state index contributed by atoms with van der Waals surface area (Å²) in [6.45, 7) is 1.87. The van der Waals surface area contributed by atoms with E-state index in [9.17, 15) is 9.59 Å². The molecule has 2 heterocycles. The van der Waals surface area contributed by atoms with Crippen LogP contribution in [0, 0.1) is 6.92 Å². The first kappa shape index (κ1) is 20.4. The Kier molecular flexibility index (Phi) is 5.54. The normalized spacial score (nSPS) is 18.1. The second kappa shape index (κ2) is 8.13. The molecule has 154 valence electrons. The van der Waals surface area contributed by atoms with E-state index in [0.717, 1.165) is 16.0 Å². The average Bonchev–Trinajstić information content (AvgIpc) is 3.27. The maximum absolute atomic E-state index is 13.6. The number of amides is 2. The Bertz CT molecular complexity index is 1110. The van der Waals surface area contributed by atoms with Crippen molar-refractivity contribution in [3.8, 4) is 5.75 Å². The Morgan fingerprint density at radius 2 is 1.97 bits per heavy atom. The number of likely N-dealkylation sites (N-methyl/N-ethyl adjacent to an activating group) is 1. The molecule has 0 spiro atoms. The zero-order valence-electron chi connectivity index (χ0n) is 16.8. The minimum Gasteiger partial charge on any atom is -0.495 e. The van der Waals surface area contributed by atoms with Crippen LogP contribution < -0.4 is 10.1 Å². The summed E-state index contributed by atoms with van der Waals surface area (Å²) in [5, 5.41) is 5.53. The van der Waals surface area contributed by atoms with Crippen LogP contribution in [0.15, 0.2) is 53.9 Å². The third kappa shape index (κ3) is 3.46. The molecule has 3 aromatic rings. The van der Waals surface area contributed by atoms with Crippen molar-refractivity contribution in [1.82, 2.24) is 4.90 Å². The highest BCUT2D eigenvalue weighted by Gasteiger charge is 2.43. The van der Waals surface area contributed by atoms with Crippen LogP contribution in [-0.2, 0) is 4.79 Å². The standard InChI is InChI=1S/C23H21ClN2O3S/c1-13-11-17(18(29-3)12-16(13)24)25-22(27)20-14-7-4-5-8-15(14)23(28)26(2)21(20)19-9-6-10-30-19/h4-12,20-21H,1-3H3,(H,25,27)/t20-,21-/m1/s1. The minimum absolute atomic E-state index is 0.0898. The summed E-state index contributed by atoms with van der Waals surface area (Å²) >= 11 is 7.74. The summed E-state index contributed by atoms with van der Waals surface area (Å²) in [4.78, 5) is 29.2. The van der Waals surface area contributed by atoms with Crippen molar-refractivity contribution < 1.29 is 14.3 Å². The lowest BCUT2D eigenvalue weighted by atomic mass is 9.81. The first-order chi connectivity index (χ1) is 14.4. The van der Waals surface area contributed by atoms with Crippen molar-refractivity contribution in [2.45, 2.75) is 18.9 Å². The van der Waals surface area contributed by atoms with Crippen LogP contribution in [0.5, 0.6) is 5.75 Å². The predicted molar refractivity (Wildman–Crippen MR) is 120 cm³/mol. The van der Waals surface area contributed by atoms with Crippen molar-refractivity contribution in [1.29, 1.82) is 0 Å². The number of nitrogens with one attached hydrogen (secondary N) is 1. The number of aryl methyl sites for hydroxylation is 1. The lowest BCUT2D eigenvalue weighted by Crippen LogP contribution is -2.43. The van der Waals surface area contributed by atoms with E-state index in [-0.39, 0.29) is 11.8 Å². The first-order valence-electron chi connectivity index (χ1n) is 9.47. The van der Waals surface area contributed by atoms with Gasteiger partial charge >= 0.3 is 0 Å². The quantitative estimate of drug-likeness (QED) is 0.601. The molecule has 1 aliphatic rings. The summed E-state index contributed by atoms with van der Waals surface area (Å²) in [6.07, 6.45) is 0. The van der Waals surface area contributed by atoms with Gasteiger partial charge in [-0.15, -0.1) is 11.3 Å². The Morgan fingerprint density at radius 1 is 1.20 bits per heavy atom. The molecule has 0 bridgehead atoms. The summed E-state index contributed by atoms with van der Waals surface area (Å²) in [5.74, 6) is -0.378.